The van der Waals surface area contributed by atoms with E-state index in [1.54, 1.807) is 4.90 Å². The van der Waals surface area contributed by atoms with Gasteiger partial charge in [0.25, 0.3) is 5.91 Å². The number of nitrogens with one attached hydrogen (secondary N) is 1. The van der Waals surface area contributed by atoms with E-state index in [0.29, 0.717) is 25.9 Å². The van der Waals surface area contributed by atoms with Crippen molar-refractivity contribution < 1.29 is 14.4 Å². The highest BCUT2D eigenvalue weighted by Gasteiger charge is 2.51. The number of carbonyl (C=O) groups excluding carboxylic acids is 3. The van der Waals surface area contributed by atoms with E-state index >= 15 is 0 Å². The van der Waals surface area contributed by atoms with Crippen molar-refractivity contribution in [3.05, 3.63) is 35.9 Å². The number of hydrogen-bond donors (Lipinski definition) is 1. The van der Waals surface area contributed by atoms with E-state index in [9.17, 15) is 14.4 Å². The molecule has 28 heavy (non-hydrogen) atoms. The SMILES string of the molecule is O=C(CN1C(=O)NC2(CCCCC2)C1=O)N1CCN(Cc2ccccc2)CC1. The first-order valence-corrected chi connectivity index (χ1v) is 10.3. The summed E-state index contributed by atoms with van der Waals surface area (Å²) in [6.45, 7) is 3.57. The lowest BCUT2D eigenvalue weighted by molar-refractivity contribution is -0.140. The van der Waals surface area contributed by atoms with Crippen LogP contribution in [-0.4, -0.2) is 70.8 Å². The molecule has 4 amide bonds. The third kappa shape index (κ3) is 3.76. The minimum absolute atomic E-state index is 0.143. The largest absolute Gasteiger partial charge is 0.339 e. The maximum atomic E-state index is 12.8. The summed E-state index contributed by atoms with van der Waals surface area (Å²) in [6.07, 6.45) is 4.34. The molecule has 150 valence electrons. The fraction of sp³-hybridized carbons (Fsp3) is 0.571. The van der Waals surface area contributed by atoms with Crippen molar-refractivity contribution in [2.75, 3.05) is 32.7 Å². The highest BCUT2D eigenvalue weighted by Crippen LogP contribution is 2.33. The highest BCUT2D eigenvalue weighted by molar-refractivity contribution is 6.09. The molecule has 1 spiro atoms. The molecule has 0 bridgehead atoms. The molecule has 0 unspecified atom stereocenters. The smallest absolute Gasteiger partial charge is 0.325 e. The van der Waals surface area contributed by atoms with Gasteiger partial charge in [0.05, 0.1) is 0 Å². The summed E-state index contributed by atoms with van der Waals surface area (Å²) in [7, 11) is 0. The Morgan fingerprint density at radius 3 is 2.32 bits per heavy atom. The zero-order valence-corrected chi connectivity index (χ0v) is 16.2. The molecule has 2 aliphatic heterocycles. The van der Waals surface area contributed by atoms with Gasteiger partial charge >= 0.3 is 6.03 Å². The molecular formula is C21H28N4O3. The van der Waals surface area contributed by atoms with Gasteiger partial charge in [0, 0.05) is 32.7 Å². The van der Waals surface area contributed by atoms with E-state index in [-0.39, 0.29) is 18.4 Å². The fourth-order valence-corrected chi connectivity index (χ4v) is 4.55. The van der Waals surface area contributed by atoms with Crippen molar-refractivity contribution in [1.82, 2.24) is 20.0 Å². The topological polar surface area (TPSA) is 73.0 Å². The Balaban J connectivity index is 1.30. The number of benzene rings is 1. The molecule has 1 N–H and O–H groups in total. The molecule has 1 aromatic carbocycles. The lowest BCUT2D eigenvalue weighted by atomic mass is 9.82. The zero-order valence-electron chi connectivity index (χ0n) is 16.2. The van der Waals surface area contributed by atoms with Gasteiger partial charge in [-0.15, -0.1) is 0 Å². The number of amides is 4. The quantitative estimate of drug-likeness (QED) is 0.800. The van der Waals surface area contributed by atoms with Crippen LogP contribution in [0.2, 0.25) is 0 Å². The third-order valence-electron chi connectivity index (χ3n) is 6.22. The van der Waals surface area contributed by atoms with E-state index in [0.717, 1.165) is 43.8 Å². The number of urea groups is 1. The van der Waals surface area contributed by atoms with E-state index < -0.39 is 11.6 Å². The van der Waals surface area contributed by atoms with Crippen LogP contribution in [0.3, 0.4) is 0 Å². The maximum Gasteiger partial charge on any atom is 0.325 e. The lowest BCUT2D eigenvalue weighted by Crippen LogP contribution is -2.52. The second-order valence-corrected chi connectivity index (χ2v) is 8.11. The number of rotatable bonds is 4. The van der Waals surface area contributed by atoms with Gasteiger partial charge < -0.3 is 10.2 Å². The van der Waals surface area contributed by atoms with Gasteiger partial charge in [-0.25, -0.2) is 4.79 Å². The summed E-state index contributed by atoms with van der Waals surface area (Å²) < 4.78 is 0. The predicted molar refractivity (Wildman–Crippen MR) is 104 cm³/mol. The molecule has 4 rings (SSSR count). The van der Waals surface area contributed by atoms with Crippen molar-refractivity contribution in [3.63, 3.8) is 0 Å². The number of piperazine rings is 1. The first-order valence-electron chi connectivity index (χ1n) is 10.3. The van der Waals surface area contributed by atoms with Gasteiger partial charge in [0.2, 0.25) is 5.91 Å². The molecule has 7 heteroatoms. The Labute approximate surface area is 165 Å². The molecule has 7 nitrogen and oxygen atoms in total. The summed E-state index contributed by atoms with van der Waals surface area (Å²) >= 11 is 0. The highest BCUT2D eigenvalue weighted by atomic mass is 16.2. The van der Waals surface area contributed by atoms with Gasteiger partial charge in [-0.1, -0.05) is 49.6 Å². The Morgan fingerprint density at radius 1 is 0.964 bits per heavy atom. The van der Waals surface area contributed by atoms with Crippen molar-refractivity contribution in [2.24, 2.45) is 0 Å². The van der Waals surface area contributed by atoms with E-state index in [1.807, 2.05) is 18.2 Å². The Hall–Kier alpha value is -2.41. The van der Waals surface area contributed by atoms with Gasteiger partial charge in [-0.2, -0.15) is 0 Å². The van der Waals surface area contributed by atoms with Crippen molar-refractivity contribution in [3.8, 4) is 0 Å². The molecule has 3 fully saturated rings. The Kier molecular flexibility index (Phi) is 5.35. The average molecular weight is 384 g/mol. The monoisotopic (exact) mass is 384 g/mol. The summed E-state index contributed by atoms with van der Waals surface area (Å²) in [5.74, 6) is -0.357. The summed E-state index contributed by atoms with van der Waals surface area (Å²) in [5, 5.41) is 2.87. The number of imide groups is 1. The van der Waals surface area contributed by atoms with E-state index in [1.165, 1.54) is 5.56 Å². The molecule has 1 aliphatic carbocycles. The van der Waals surface area contributed by atoms with Crippen molar-refractivity contribution >= 4 is 17.8 Å². The molecule has 1 aromatic rings. The molecule has 1 saturated carbocycles. The van der Waals surface area contributed by atoms with Gasteiger partial charge in [0.1, 0.15) is 12.1 Å². The average Bonchev–Trinajstić information content (AvgIpc) is 2.94. The van der Waals surface area contributed by atoms with Crippen LogP contribution in [-0.2, 0) is 16.1 Å². The second-order valence-electron chi connectivity index (χ2n) is 8.11. The molecule has 0 atom stereocenters. The van der Waals surface area contributed by atoms with Gasteiger partial charge in [-0.3, -0.25) is 19.4 Å². The minimum Gasteiger partial charge on any atom is -0.339 e. The normalized spacial score (nSPS) is 22.6. The number of nitrogens with zero attached hydrogens (tertiary/aromatic N) is 3. The van der Waals surface area contributed by atoms with E-state index in [4.69, 9.17) is 0 Å². The molecule has 2 saturated heterocycles. The maximum absolute atomic E-state index is 12.8. The molecule has 2 heterocycles. The fourth-order valence-electron chi connectivity index (χ4n) is 4.55. The van der Waals surface area contributed by atoms with Crippen LogP contribution in [0.5, 0.6) is 0 Å². The standard InChI is InChI=1S/C21H28N4O3/c26-18(16-25-19(27)21(22-20(25)28)9-5-2-6-10-21)24-13-11-23(12-14-24)15-17-7-3-1-4-8-17/h1,3-4,7-8H,2,5-6,9-16H2,(H,22,28). The van der Waals surface area contributed by atoms with Crippen LogP contribution >= 0.6 is 0 Å². The first kappa shape index (κ1) is 18.9. The van der Waals surface area contributed by atoms with Crippen LogP contribution in [0.4, 0.5) is 4.79 Å². The van der Waals surface area contributed by atoms with Crippen LogP contribution in [0.25, 0.3) is 0 Å². The van der Waals surface area contributed by atoms with Crippen LogP contribution in [0.1, 0.15) is 37.7 Å². The van der Waals surface area contributed by atoms with Crippen molar-refractivity contribution in [1.29, 1.82) is 0 Å². The van der Waals surface area contributed by atoms with Crippen LogP contribution < -0.4 is 5.32 Å². The van der Waals surface area contributed by atoms with Crippen LogP contribution in [0, 0.1) is 0 Å². The molecular weight excluding hydrogens is 356 g/mol. The third-order valence-corrected chi connectivity index (χ3v) is 6.22. The number of carbonyl (C=O) groups is 3. The first-order chi connectivity index (χ1) is 13.6. The van der Waals surface area contributed by atoms with Crippen LogP contribution in [0.15, 0.2) is 30.3 Å². The van der Waals surface area contributed by atoms with E-state index in [2.05, 4.69) is 22.3 Å². The lowest BCUT2D eigenvalue weighted by Gasteiger charge is -2.35. The number of hydrogen-bond acceptors (Lipinski definition) is 4. The van der Waals surface area contributed by atoms with Gasteiger partial charge in [-0.05, 0) is 18.4 Å². The molecule has 3 aliphatic rings. The summed E-state index contributed by atoms with van der Waals surface area (Å²) in [5.41, 5.74) is 0.503. The van der Waals surface area contributed by atoms with Gasteiger partial charge in [0.15, 0.2) is 0 Å². The minimum atomic E-state index is -0.760. The summed E-state index contributed by atoms with van der Waals surface area (Å²) in [6, 6.07) is 9.88. The Bertz CT molecular complexity index is 737. The molecule has 0 radical (unpaired) electrons. The Morgan fingerprint density at radius 2 is 1.64 bits per heavy atom. The second kappa shape index (κ2) is 7.91. The zero-order chi connectivity index (χ0) is 19.6. The summed E-state index contributed by atoms with van der Waals surface area (Å²) in [4.78, 5) is 43.1. The molecule has 0 aromatic heterocycles. The van der Waals surface area contributed by atoms with Crippen molar-refractivity contribution in [2.45, 2.75) is 44.2 Å². The predicted octanol–water partition coefficient (Wildman–Crippen LogP) is 1.59.